The lowest BCUT2D eigenvalue weighted by Gasteiger charge is -2.30. The van der Waals surface area contributed by atoms with E-state index in [-0.39, 0.29) is 35.3 Å². The van der Waals surface area contributed by atoms with Crippen LogP contribution in [-0.2, 0) is 14.6 Å². The molecule has 152 valence electrons. The highest BCUT2D eigenvalue weighted by Gasteiger charge is 2.29. The van der Waals surface area contributed by atoms with Gasteiger partial charge in [-0.15, -0.1) is 0 Å². The first-order chi connectivity index (χ1) is 13.2. The number of sulfone groups is 1. The second-order valence-corrected chi connectivity index (χ2v) is 9.47. The van der Waals surface area contributed by atoms with Crippen LogP contribution >= 0.6 is 0 Å². The summed E-state index contributed by atoms with van der Waals surface area (Å²) < 4.78 is 22.9. The summed E-state index contributed by atoms with van der Waals surface area (Å²) in [7, 11) is -3.06. The van der Waals surface area contributed by atoms with Crippen LogP contribution in [0.2, 0.25) is 0 Å². The molecular weight excluding hydrogens is 384 g/mol. The third-order valence-electron chi connectivity index (χ3n) is 5.14. The van der Waals surface area contributed by atoms with Crippen LogP contribution in [0.25, 0.3) is 0 Å². The second kappa shape index (κ2) is 8.17. The van der Waals surface area contributed by atoms with Gasteiger partial charge in [0.1, 0.15) is 0 Å². The van der Waals surface area contributed by atoms with Crippen molar-refractivity contribution >= 4 is 33.4 Å². The minimum absolute atomic E-state index is 0.0414. The number of carbonyl (C=O) groups excluding carboxylic acids is 3. The maximum absolute atomic E-state index is 12.6. The van der Waals surface area contributed by atoms with E-state index in [1.165, 1.54) is 0 Å². The van der Waals surface area contributed by atoms with Crippen LogP contribution in [0.1, 0.15) is 29.6 Å². The van der Waals surface area contributed by atoms with Gasteiger partial charge in [-0.2, -0.15) is 0 Å². The standard InChI is InChI=1S/C18H24N4O5S/c19-16(23)12-5-8-22(9-6-12)17(24)13-1-3-14(4-2-13)20-18(25)21-15-7-10-28(26,27)11-15/h1-4,12,15H,5-11H2,(H2,19,23)(H2,20,21,25)/t15-/m0/s1. The quantitative estimate of drug-likeness (QED) is 0.659. The summed E-state index contributed by atoms with van der Waals surface area (Å²) in [5, 5.41) is 5.28. The van der Waals surface area contributed by atoms with E-state index in [1.54, 1.807) is 29.2 Å². The van der Waals surface area contributed by atoms with Crippen LogP contribution < -0.4 is 16.4 Å². The Kier molecular flexibility index (Phi) is 5.87. The fourth-order valence-corrected chi connectivity index (χ4v) is 5.18. The number of nitrogens with zero attached hydrogens (tertiary/aromatic N) is 1. The van der Waals surface area contributed by atoms with Gasteiger partial charge in [-0.25, -0.2) is 13.2 Å². The molecule has 2 aliphatic rings. The zero-order valence-electron chi connectivity index (χ0n) is 15.4. The van der Waals surface area contributed by atoms with Crippen molar-refractivity contribution in [3.05, 3.63) is 29.8 Å². The fourth-order valence-electron chi connectivity index (χ4n) is 3.51. The summed E-state index contributed by atoms with van der Waals surface area (Å²) in [6, 6.07) is 5.63. The maximum Gasteiger partial charge on any atom is 0.319 e. The monoisotopic (exact) mass is 408 g/mol. The minimum Gasteiger partial charge on any atom is -0.369 e. The highest BCUT2D eigenvalue weighted by Crippen LogP contribution is 2.19. The smallest absolute Gasteiger partial charge is 0.319 e. The van der Waals surface area contributed by atoms with Gasteiger partial charge in [0.25, 0.3) is 5.91 Å². The molecule has 2 heterocycles. The number of rotatable bonds is 4. The summed E-state index contributed by atoms with van der Waals surface area (Å²) >= 11 is 0. The molecule has 1 atom stereocenters. The van der Waals surface area contributed by atoms with E-state index in [4.69, 9.17) is 5.73 Å². The molecule has 2 saturated heterocycles. The summed E-state index contributed by atoms with van der Waals surface area (Å²) in [6.45, 7) is 0.971. The zero-order valence-corrected chi connectivity index (χ0v) is 16.2. The molecule has 0 unspecified atom stereocenters. The van der Waals surface area contributed by atoms with Crippen molar-refractivity contribution in [1.29, 1.82) is 0 Å². The number of likely N-dealkylation sites (tertiary alicyclic amines) is 1. The van der Waals surface area contributed by atoms with Gasteiger partial charge < -0.3 is 21.3 Å². The number of anilines is 1. The summed E-state index contributed by atoms with van der Waals surface area (Å²) in [5.74, 6) is -0.582. The molecule has 4 amide bonds. The second-order valence-electron chi connectivity index (χ2n) is 7.24. The highest BCUT2D eigenvalue weighted by molar-refractivity contribution is 7.91. The molecule has 1 aromatic rings. The molecule has 4 N–H and O–H groups in total. The molecule has 0 spiro atoms. The highest BCUT2D eigenvalue weighted by atomic mass is 32.2. The predicted octanol–water partition coefficient (Wildman–Crippen LogP) is 0.333. The number of nitrogens with two attached hydrogens (primary N) is 1. The molecule has 0 saturated carbocycles. The van der Waals surface area contributed by atoms with Gasteiger partial charge in [0.05, 0.1) is 11.5 Å². The molecule has 2 aliphatic heterocycles. The van der Waals surface area contributed by atoms with Crippen molar-refractivity contribution in [3.63, 3.8) is 0 Å². The zero-order chi connectivity index (χ0) is 20.3. The van der Waals surface area contributed by atoms with Crippen molar-refractivity contribution in [1.82, 2.24) is 10.2 Å². The first kappa shape index (κ1) is 20.1. The number of amides is 4. The lowest BCUT2D eigenvalue weighted by atomic mass is 9.96. The van der Waals surface area contributed by atoms with E-state index < -0.39 is 15.9 Å². The van der Waals surface area contributed by atoms with Gasteiger partial charge in [-0.05, 0) is 43.5 Å². The Morgan fingerprint density at radius 1 is 1.04 bits per heavy atom. The Hall–Kier alpha value is -2.62. The van der Waals surface area contributed by atoms with Gasteiger partial charge in [0, 0.05) is 36.3 Å². The number of hydrogen-bond donors (Lipinski definition) is 3. The first-order valence-electron chi connectivity index (χ1n) is 9.20. The molecule has 10 heteroatoms. The topological polar surface area (TPSA) is 139 Å². The number of benzene rings is 1. The molecular formula is C18H24N4O5S. The Morgan fingerprint density at radius 3 is 2.21 bits per heavy atom. The SMILES string of the molecule is NC(=O)C1CCN(C(=O)c2ccc(NC(=O)N[C@H]3CCS(=O)(=O)C3)cc2)CC1. The molecule has 0 aliphatic carbocycles. The lowest BCUT2D eigenvalue weighted by Crippen LogP contribution is -2.41. The number of primary amides is 1. The third-order valence-corrected chi connectivity index (χ3v) is 6.91. The Morgan fingerprint density at radius 2 is 1.68 bits per heavy atom. The average Bonchev–Trinajstić information content (AvgIpc) is 3.00. The Bertz CT molecular complexity index is 860. The molecule has 0 bridgehead atoms. The number of carbonyl (C=O) groups is 3. The largest absolute Gasteiger partial charge is 0.369 e. The van der Waals surface area contributed by atoms with Crippen molar-refractivity contribution in [2.45, 2.75) is 25.3 Å². The Balaban J connectivity index is 1.51. The van der Waals surface area contributed by atoms with Crippen molar-refractivity contribution in [3.8, 4) is 0 Å². The van der Waals surface area contributed by atoms with Crippen LogP contribution in [-0.4, -0.2) is 61.8 Å². The van der Waals surface area contributed by atoms with Gasteiger partial charge in [0.15, 0.2) is 9.84 Å². The average molecular weight is 408 g/mol. The molecule has 0 aromatic heterocycles. The fraction of sp³-hybridized carbons (Fsp3) is 0.500. The van der Waals surface area contributed by atoms with E-state index in [2.05, 4.69) is 10.6 Å². The van der Waals surface area contributed by atoms with Crippen LogP contribution in [0, 0.1) is 5.92 Å². The molecule has 2 fully saturated rings. The summed E-state index contributed by atoms with van der Waals surface area (Å²) in [5.41, 5.74) is 6.30. The molecule has 9 nitrogen and oxygen atoms in total. The van der Waals surface area contributed by atoms with Gasteiger partial charge >= 0.3 is 6.03 Å². The van der Waals surface area contributed by atoms with Crippen LogP contribution in [0.3, 0.4) is 0 Å². The van der Waals surface area contributed by atoms with Gasteiger partial charge in [-0.1, -0.05) is 0 Å². The lowest BCUT2D eigenvalue weighted by molar-refractivity contribution is -0.123. The Labute approximate surface area is 163 Å². The van der Waals surface area contributed by atoms with E-state index in [0.717, 1.165) is 0 Å². The number of piperidine rings is 1. The molecule has 1 aromatic carbocycles. The van der Waals surface area contributed by atoms with Crippen molar-refractivity contribution < 1.29 is 22.8 Å². The van der Waals surface area contributed by atoms with Crippen molar-refractivity contribution in [2.75, 3.05) is 29.9 Å². The van der Waals surface area contributed by atoms with Crippen molar-refractivity contribution in [2.24, 2.45) is 11.7 Å². The van der Waals surface area contributed by atoms with E-state index in [0.29, 0.717) is 43.6 Å². The van der Waals surface area contributed by atoms with E-state index in [1.807, 2.05) is 0 Å². The maximum atomic E-state index is 12.6. The number of urea groups is 1. The van der Waals surface area contributed by atoms with Gasteiger partial charge in [-0.3, -0.25) is 9.59 Å². The normalized spacial score (nSPS) is 21.9. The van der Waals surface area contributed by atoms with Crippen LogP contribution in [0.15, 0.2) is 24.3 Å². The molecule has 0 radical (unpaired) electrons. The first-order valence-corrected chi connectivity index (χ1v) is 11.0. The van der Waals surface area contributed by atoms with Crippen LogP contribution in [0.5, 0.6) is 0 Å². The summed E-state index contributed by atoms with van der Waals surface area (Å²) in [6.07, 6.45) is 1.55. The third kappa shape index (κ3) is 5.00. The minimum atomic E-state index is -3.06. The van der Waals surface area contributed by atoms with E-state index >= 15 is 0 Å². The number of nitrogens with one attached hydrogen (secondary N) is 2. The number of hydrogen-bond acceptors (Lipinski definition) is 5. The van der Waals surface area contributed by atoms with E-state index in [9.17, 15) is 22.8 Å². The van der Waals surface area contributed by atoms with Crippen LogP contribution in [0.4, 0.5) is 10.5 Å². The summed E-state index contributed by atoms with van der Waals surface area (Å²) in [4.78, 5) is 37.5. The molecule has 28 heavy (non-hydrogen) atoms. The molecule has 3 rings (SSSR count). The predicted molar refractivity (Wildman–Crippen MR) is 103 cm³/mol. The van der Waals surface area contributed by atoms with Gasteiger partial charge in [0.2, 0.25) is 5.91 Å².